The van der Waals surface area contributed by atoms with Gasteiger partial charge in [0.2, 0.25) is 0 Å². The van der Waals surface area contributed by atoms with Crippen LogP contribution in [0.25, 0.3) is 11.0 Å². The van der Waals surface area contributed by atoms with Gasteiger partial charge < -0.3 is 9.42 Å². The van der Waals surface area contributed by atoms with Crippen molar-refractivity contribution in [1.29, 1.82) is 0 Å². The maximum Gasteiger partial charge on any atom is 0.279 e. The standard InChI is InChI=1S/C18H14N6O3S2/c1-9-6-14(21-27-9)16(25)20-18-19-12-4-5-24(8-15(12)28-18)17(26)10-2-3-11-13(7-10)23-29-22-11/h2-3,6-7H,4-5,8H2,1H3,(H,19,20,25). The number of aromatic nitrogens is 4. The van der Waals surface area contributed by atoms with E-state index in [4.69, 9.17) is 4.52 Å². The lowest BCUT2D eigenvalue weighted by Crippen LogP contribution is -2.35. The van der Waals surface area contributed by atoms with Crippen molar-refractivity contribution in [3.8, 4) is 0 Å². The van der Waals surface area contributed by atoms with Gasteiger partial charge in [-0.25, -0.2) is 4.98 Å². The van der Waals surface area contributed by atoms with Crippen LogP contribution >= 0.6 is 23.1 Å². The Hall–Kier alpha value is -3.18. The fourth-order valence-electron chi connectivity index (χ4n) is 3.15. The first-order valence-corrected chi connectivity index (χ1v) is 10.4. The Bertz CT molecular complexity index is 1240. The van der Waals surface area contributed by atoms with Gasteiger partial charge in [0, 0.05) is 29.5 Å². The molecule has 0 saturated carbocycles. The Kier molecular flexibility index (Phi) is 4.32. The van der Waals surface area contributed by atoms with Gasteiger partial charge in [-0.1, -0.05) is 16.5 Å². The van der Waals surface area contributed by atoms with Crippen molar-refractivity contribution in [2.24, 2.45) is 0 Å². The van der Waals surface area contributed by atoms with E-state index >= 15 is 0 Å². The average Bonchev–Trinajstić information content (AvgIpc) is 3.44. The van der Waals surface area contributed by atoms with Gasteiger partial charge in [0.15, 0.2) is 10.8 Å². The number of carbonyl (C=O) groups is 2. The summed E-state index contributed by atoms with van der Waals surface area (Å²) in [6.45, 7) is 2.75. The number of aryl methyl sites for hydroxylation is 1. The van der Waals surface area contributed by atoms with Crippen LogP contribution in [0.5, 0.6) is 0 Å². The van der Waals surface area contributed by atoms with E-state index < -0.39 is 0 Å². The average molecular weight is 426 g/mol. The lowest BCUT2D eigenvalue weighted by molar-refractivity contribution is 0.0736. The van der Waals surface area contributed by atoms with Crippen molar-refractivity contribution in [3.05, 3.63) is 51.9 Å². The van der Waals surface area contributed by atoms with Gasteiger partial charge in [-0.15, -0.1) is 0 Å². The summed E-state index contributed by atoms with van der Waals surface area (Å²) in [7, 11) is 0. The van der Waals surface area contributed by atoms with E-state index in [0.717, 1.165) is 33.3 Å². The van der Waals surface area contributed by atoms with Crippen LogP contribution in [0.2, 0.25) is 0 Å². The van der Waals surface area contributed by atoms with E-state index in [2.05, 4.69) is 24.2 Å². The van der Waals surface area contributed by atoms with Gasteiger partial charge in [0.25, 0.3) is 11.8 Å². The Morgan fingerprint density at radius 1 is 1.21 bits per heavy atom. The van der Waals surface area contributed by atoms with E-state index in [1.165, 1.54) is 11.3 Å². The van der Waals surface area contributed by atoms with Gasteiger partial charge >= 0.3 is 0 Å². The van der Waals surface area contributed by atoms with Crippen LogP contribution in [0, 0.1) is 6.92 Å². The number of thiazole rings is 1. The van der Waals surface area contributed by atoms with Crippen molar-refractivity contribution in [1.82, 2.24) is 23.8 Å². The van der Waals surface area contributed by atoms with E-state index in [-0.39, 0.29) is 17.5 Å². The van der Waals surface area contributed by atoms with Gasteiger partial charge in [-0.3, -0.25) is 14.9 Å². The SMILES string of the molecule is Cc1cc(C(=O)Nc2nc3c(s2)CN(C(=O)c2ccc4nsnc4c2)CC3)no1. The number of nitrogens with zero attached hydrogens (tertiary/aromatic N) is 5. The summed E-state index contributed by atoms with van der Waals surface area (Å²) in [5, 5.41) is 6.95. The summed E-state index contributed by atoms with van der Waals surface area (Å²) < 4.78 is 13.3. The first kappa shape index (κ1) is 17.9. The Morgan fingerprint density at radius 3 is 2.90 bits per heavy atom. The molecule has 1 aliphatic heterocycles. The first-order chi connectivity index (χ1) is 14.1. The second-order valence-electron chi connectivity index (χ2n) is 6.61. The number of hydrogen-bond donors (Lipinski definition) is 1. The molecule has 1 aromatic carbocycles. The number of nitrogens with one attached hydrogen (secondary N) is 1. The highest BCUT2D eigenvalue weighted by Crippen LogP contribution is 2.29. The predicted molar refractivity (Wildman–Crippen MR) is 107 cm³/mol. The second-order valence-corrected chi connectivity index (χ2v) is 8.22. The van der Waals surface area contributed by atoms with Crippen molar-refractivity contribution in [2.45, 2.75) is 19.9 Å². The molecule has 0 aliphatic carbocycles. The lowest BCUT2D eigenvalue weighted by atomic mass is 10.1. The van der Waals surface area contributed by atoms with Crippen molar-refractivity contribution in [2.75, 3.05) is 11.9 Å². The zero-order chi connectivity index (χ0) is 20.0. The predicted octanol–water partition coefficient (Wildman–Crippen LogP) is 2.90. The van der Waals surface area contributed by atoms with Gasteiger partial charge in [-0.05, 0) is 25.1 Å². The zero-order valence-electron chi connectivity index (χ0n) is 15.2. The van der Waals surface area contributed by atoms with E-state index in [1.54, 1.807) is 30.0 Å². The molecule has 2 amide bonds. The summed E-state index contributed by atoms with van der Waals surface area (Å²) in [6.07, 6.45) is 0.636. The maximum atomic E-state index is 12.9. The summed E-state index contributed by atoms with van der Waals surface area (Å²) in [5.41, 5.74) is 3.22. The molecule has 0 atom stereocenters. The molecule has 1 aliphatic rings. The van der Waals surface area contributed by atoms with Crippen molar-refractivity contribution in [3.63, 3.8) is 0 Å². The zero-order valence-corrected chi connectivity index (χ0v) is 16.8. The van der Waals surface area contributed by atoms with Crippen molar-refractivity contribution >= 4 is 51.0 Å². The normalized spacial score (nSPS) is 13.5. The topological polar surface area (TPSA) is 114 Å². The number of hydrogen-bond acceptors (Lipinski definition) is 9. The highest BCUT2D eigenvalue weighted by Gasteiger charge is 2.26. The molecule has 4 aromatic rings. The molecule has 0 spiro atoms. The molecule has 11 heteroatoms. The van der Waals surface area contributed by atoms with Crippen molar-refractivity contribution < 1.29 is 14.1 Å². The summed E-state index contributed by atoms with van der Waals surface area (Å²) in [4.78, 5) is 32.4. The first-order valence-electron chi connectivity index (χ1n) is 8.81. The number of anilines is 1. The Balaban J connectivity index is 1.31. The minimum atomic E-state index is -0.369. The molecule has 0 saturated heterocycles. The Labute approximate surface area is 172 Å². The van der Waals surface area contributed by atoms with Crippen LogP contribution in [0.15, 0.2) is 28.8 Å². The van der Waals surface area contributed by atoms with Crippen LogP contribution < -0.4 is 5.32 Å². The van der Waals surface area contributed by atoms with Gasteiger partial charge in [0.1, 0.15) is 16.8 Å². The van der Waals surface area contributed by atoms with Crippen LogP contribution in [0.1, 0.15) is 37.2 Å². The number of amides is 2. The highest BCUT2D eigenvalue weighted by atomic mass is 32.1. The molecule has 5 rings (SSSR count). The molecule has 146 valence electrons. The monoisotopic (exact) mass is 426 g/mol. The van der Waals surface area contributed by atoms with Crippen LogP contribution in [0.3, 0.4) is 0 Å². The molecule has 9 nitrogen and oxygen atoms in total. The molecule has 0 radical (unpaired) electrons. The summed E-state index contributed by atoms with van der Waals surface area (Å²) in [6, 6.07) is 6.93. The third kappa shape index (κ3) is 3.38. The largest absolute Gasteiger partial charge is 0.361 e. The number of fused-ring (bicyclic) bond motifs is 2. The molecule has 0 fully saturated rings. The van der Waals surface area contributed by atoms with E-state index in [0.29, 0.717) is 36.0 Å². The summed E-state index contributed by atoms with van der Waals surface area (Å²) in [5.74, 6) is 0.142. The third-order valence-corrected chi connectivity index (χ3v) is 6.15. The Morgan fingerprint density at radius 2 is 2.07 bits per heavy atom. The molecule has 3 aromatic heterocycles. The molecular formula is C18H14N6O3S2. The maximum absolute atomic E-state index is 12.9. The minimum Gasteiger partial charge on any atom is -0.361 e. The van der Waals surface area contributed by atoms with Crippen LogP contribution in [0.4, 0.5) is 5.13 Å². The third-order valence-electron chi connectivity index (χ3n) is 4.60. The van der Waals surface area contributed by atoms with E-state index in [1.807, 2.05) is 6.07 Å². The fourth-order valence-corrected chi connectivity index (χ4v) is 4.69. The molecule has 29 heavy (non-hydrogen) atoms. The second kappa shape index (κ2) is 7.01. The minimum absolute atomic E-state index is 0.0531. The quantitative estimate of drug-likeness (QED) is 0.536. The lowest BCUT2D eigenvalue weighted by Gasteiger charge is -2.26. The highest BCUT2D eigenvalue weighted by molar-refractivity contribution is 7.15. The molecule has 1 N–H and O–H groups in total. The molecule has 0 bridgehead atoms. The molecule has 0 unspecified atom stereocenters. The summed E-state index contributed by atoms with van der Waals surface area (Å²) >= 11 is 2.50. The van der Waals surface area contributed by atoms with Crippen LogP contribution in [-0.2, 0) is 13.0 Å². The van der Waals surface area contributed by atoms with Gasteiger partial charge in [-0.2, -0.15) is 8.75 Å². The smallest absolute Gasteiger partial charge is 0.279 e. The fraction of sp³-hybridized carbons (Fsp3) is 0.222. The number of rotatable bonds is 3. The molecular weight excluding hydrogens is 412 g/mol. The van der Waals surface area contributed by atoms with E-state index in [9.17, 15) is 9.59 Å². The number of carbonyl (C=O) groups excluding carboxylic acids is 2. The van der Waals surface area contributed by atoms with Gasteiger partial charge in [0.05, 0.1) is 24.0 Å². The molecule has 4 heterocycles. The van der Waals surface area contributed by atoms with Crippen LogP contribution in [-0.4, -0.2) is 42.1 Å². The number of benzene rings is 1.